The lowest BCUT2D eigenvalue weighted by molar-refractivity contribution is -0.131. The maximum atomic E-state index is 13.2. The van der Waals surface area contributed by atoms with Crippen molar-refractivity contribution in [3.63, 3.8) is 0 Å². The molecule has 4 rings (SSSR count). The number of aromatic nitrogens is 2. The molecule has 1 amide bonds. The summed E-state index contributed by atoms with van der Waals surface area (Å²) in [6.45, 7) is 7.82. The Morgan fingerprint density at radius 3 is 2.81 bits per heavy atom. The van der Waals surface area contributed by atoms with Crippen LogP contribution in [-0.2, 0) is 24.2 Å². The number of rotatable bonds is 5. The minimum absolute atomic E-state index is 0.0134. The van der Waals surface area contributed by atoms with Crippen LogP contribution in [0.1, 0.15) is 43.0 Å². The SMILES string of the molecule is C=CCn1c(S[C@@H](C)C(=O)N2CCCCC2)nc2sc3c(c2c1=O)CCC3. The van der Waals surface area contributed by atoms with Crippen molar-refractivity contribution >= 4 is 39.2 Å². The maximum Gasteiger partial charge on any atom is 0.263 e. The van der Waals surface area contributed by atoms with E-state index in [0.717, 1.165) is 55.4 Å². The topological polar surface area (TPSA) is 55.2 Å². The standard InChI is InChI=1S/C20H25N3O2S2/c1-3-10-23-19(25)16-14-8-7-9-15(14)27-17(16)21-20(23)26-13(2)18(24)22-11-5-4-6-12-22/h3,13H,1,4-12H2,2H3/t13-/m0/s1. The number of carbonyl (C=O) groups is 1. The van der Waals surface area contributed by atoms with Gasteiger partial charge in [-0.3, -0.25) is 14.2 Å². The number of fused-ring (bicyclic) bond motifs is 3. The molecule has 1 aliphatic carbocycles. The number of hydrogen-bond acceptors (Lipinski definition) is 5. The molecule has 0 saturated carbocycles. The van der Waals surface area contributed by atoms with Gasteiger partial charge in [-0.05, 0) is 51.0 Å². The molecule has 0 aromatic carbocycles. The number of piperidine rings is 1. The number of allylic oxidation sites excluding steroid dienone is 1. The number of thiophene rings is 1. The van der Waals surface area contributed by atoms with Crippen LogP contribution in [0.25, 0.3) is 10.2 Å². The first kappa shape index (κ1) is 18.7. The van der Waals surface area contributed by atoms with Crippen molar-refractivity contribution in [1.29, 1.82) is 0 Å². The summed E-state index contributed by atoms with van der Waals surface area (Å²) in [7, 11) is 0. The fourth-order valence-electron chi connectivity index (χ4n) is 4.02. The van der Waals surface area contributed by atoms with E-state index in [1.165, 1.54) is 28.6 Å². The predicted octanol–water partition coefficient (Wildman–Crippen LogP) is 3.63. The van der Waals surface area contributed by atoms with E-state index in [-0.39, 0.29) is 16.7 Å². The van der Waals surface area contributed by atoms with Crippen LogP contribution in [0, 0.1) is 0 Å². The number of aryl methyl sites for hydroxylation is 2. The lowest BCUT2D eigenvalue weighted by Crippen LogP contribution is -2.40. The Kier molecular flexibility index (Phi) is 5.41. The molecule has 0 spiro atoms. The minimum Gasteiger partial charge on any atom is -0.342 e. The monoisotopic (exact) mass is 403 g/mol. The van der Waals surface area contributed by atoms with Gasteiger partial charge in [0.05, 0.1) is 10.6 Å². The summed E-state index contributed by atoms with van der Waals surface area (Å²) in [5.41, 5.74) is 1.21. The number of amides is 1. The van der Waals surface area contributed by atoms with Crippen molar-refractivity contribution in [2.24, 2.45) is 0 Å². The van der Waals surface area contributed by atoms with Crippen molar-refractivity contribution in [3.8, 4) is 0 Å². The summed E-state index contributed by atoms with van der Waals surface area (Å²) in [5.74, 6) is 0.146. The van der Waals surface area contributed by atoms with Gasteiger partial charge in [0.15, 0.2) is 5.16 Å². The van der Waals surface area contributed by atoms with Gasteiger partial charge in [0.2, 0.25) is 5.91 Å². The Morgan fingerprint density at radius 1 is 1.30 bits per heavy atom. The van der Waals surface area contributed by atoms with Crippen LogP contribution in [-0.4, -0.2) is 38.7 Å². The third kappa shape index (κ3) is 3.47. The quantitative estimate of drug-likeness (QED) is 0.435. The third-order valence-corrected chi connectivity index (χ3v) is 7.66. The summed E-state index contributed by atoms with van der Waals surface area (Å²) in [6.07, 6.45) is 8.22. The fraction of sp³-hybridized carbons (Fsp3) is 0.550. The van der Waals surface area contributed by atoms with E-state index in [0.29, 0.717) is 11.7 Å². The molecule has 5 nitrogen and oxygen atoms in total. The second kappa shape index (κ2) is 7.80. The van der Waals surface area contributed by atoms with Crippen molar-refractivity contribution in [1.82, 2.24) is 14.5 Å². The number of likely N-dealkylation sites (tertiary alicyclic amines) is 1. The zero-order valence-corrected chi connectivity index (χ0v) is 17.3. The highest BCUT2D eigenvalue weighted by Gasteiger charge is 2.27. The number of nitrogens with zero attached hydrogens (tertiary/aromatic N) is 3. The summed E-state index contributed by atoms with van der Waals surface area (Å²) < 4.78 is 1.69. The van der Waals surface area contributed by atoms with Crippen molar-refractivity contribution in [2.45, 2.75) is 62.4 Å². The molecule has 2 aromatic heterocycles. The van der Waals surface area contributed by atoms with Crippen LogP contribution in [0.3, 0.4) is 0 Å². The van der Waals surface area contributed by atoms with Crippen LogP contribution in [0.15, 0.2) is 22.6 Å². The number of carbonyl (C=O) groups excluding carboxylic acids is 1. The molecular weight excluding hydrogens is 378 g/mol. The highest BCUT2D eigenvalue weighted by Crippen LogP contribution is 2.36. The summed E-state index contributed by atoms with van der Waals surface area (Å²) in [4.78, 5) is 34.9. The zero-order valence-electron chi connectivity index (χ0n) is 15.7. The molecule has 0 N–H and O–H groups in total. The van der Waals surface area contributed by atoms with Gasteiger partial charge in [-0.25, -0.2) is 4.98 Å². The van der Waals surface area contributed by atoms with Crippen LogP contribution >= 0.6 is 23.1 Å². The second-order valence-electron chi connectivity index (χ2n) is 7.28. The predicted molar refractivity (Wildman–Crippen MR) is 112 cm³/mol. The Balaban J connectivity index is 1.68. The first-order valence-corrected chi connectivity index (χ1v) is 11.4. The number of thioether (sulfide) groups is 1. The van der Waals surface area contributed by atoms with Gasteiger partial charge in [-0.2, -0.15) is 0 Å². The molecule has 1 aliphatic heterocycles. The maximum absolute atomic E-state index is 13.2. The van der Waals surface area contributed by atoms with Gasteiger partial charge >= 0.3 is 0 Å². The van der Waals surface area contributed by atoms with Crippen LogP contribution in [0.5, 0.6) is 0 Å². The fourth-order valence-corrected chi connectivity index (χ4v) is 6.32. The van der Waals surface area contributed by atoms with E-state index >= 15 is 0 Å². The molecule has 0 unspecified atom stereocenters. The largest absolute Gasteiger partial charge is 0.342 e. The zero-order chi connectivity index (χ0) is 19.0. The Morgan fingerprint density at radius 2 is 2.07 bits per heavy atom. The molecule has 1 atom stereocenters. The Hall–Kier alpha value is -1.60. The first-order chi connectivity index (χ1) is 13.1. The van der Waals surface area contributed by atoms with Gasteiger partial charge < -0.3 is 4.90 Å². The van der Waals surface area contributed by atoms with Gasteiger partial charge in [0, 0.05) is 24.5 Å². The first-order valence-electron chi connectivity index (χ1n) is 9.71. The Bertz CT molecular complexity index is 941. The van der Waals surface area contributed by atoms with E-state index in [4.69, 9.17) is 4.98 Å². The molecule has 0 radical (unpaired) electrons. The lowest BCUT2D eigenvalue weighted by Gasteiger charge is -2.29. The smallest absolute Gasteiger partial charge is 0.263 e. The van der Waals surface area contributed by atoms with Crippen LogP contribution < -0.4 is 5.56 Å². The molecule has 3 heterocycles. The van der Waals surface area contributed by atoms with Gasteiger partial charge in [0.25, 0.3) is 5.56 Å². The van der Waals surface area contributed by atoms with E-state index in [9.17, 15) is 9.59 Å². The molecule has 2 aromatic rings. The summed E-state index contributed by atoms with van der Waals surface area (Å²) in [5, 5.41) is 1.16. The highest BCUT2D eigenvalue weighted by atomic mass is 32.2. The van der Waals surface area contributed by atoms with Gasteiger partial charge in [0.1, 0.15) is 4.83 Å². The average molecular weight is 404 g/mol. The molecule has 7 heteroatoms. The lowest BCUT2D eigenvalue weighted by atomic mass is 10.1. The van der Waals surface area contributed by atoms with Crippen LogP contribution in [0.2, 0.25) is 0 Å². The Labute approximate surface area is 167 Å². The average Bonchev–Trinajstić information content (AvgIpc) is 3.25. The molecule has 27 heavy (non-hydrogen) atoms. The third-order valence-electron chi connectivity index (χ3n) is 5.40. The molecule has 0 bridgehead atoms. The van der Waals surface area contributed by atoms with E-state index < -0.39 is 0 Å². The number of hydrogen-bond donors (Lipinski definition) is 0. The van der Waals surface area contributed by atoms with E-state index in [2.05, 4.69) is 6.58 Å². The van der Waals surface area contributed by atoms with E-state index in [1.807, 2.05) is 11.8 Å². The van der Waals surface area contributed by atoms with Gasteiger partial charge in [-0.1, -0.05) is 17.8 Å². The van der Waals surface area contributed by atoms with Crippen molar-refractivity contribution < 1.29 is 4.79 Å². The minimum atomic E-state index is -0.254. The second-order valence-corrected chi connectivity index (χ2v) is 9.67. The summed E-state index contributed by atoms with van der Waals surface area (Å²) >= 11 is 3.05. The highest BCUT2D eigenvalue weighted by molar-refractivity contribution is 8.00. The summed E-state index contributed by atoms with van der Waals surface area (Å²) in [6, 6.07) is 0. The molecule has 1 saturated heterocycles. The molecule has 144 valence electrons. The van der Waals surface area contributed by atoms with Gasteiger partial charge in [-0.15, -0.1) is 17.9 Å². The van der Waals surface area contributed by atoms with Crippen LogP contribution in [0.4, 0.5) is 0 Å². The van der Waals surface area contributed by atoms with Crippen molar-refractivity contribution in [3.05, 3.63) is 33.4 Å². The molecular formula is C20H25N3O2S2. The molecule has 1 fully saturated rings. The normalized spacial score (nSPS) is 17.9. The molecule has 2 aliphatic rings. The van der Waals surface area contributed by atoms with E-state index in [1.54, 1.807) is 22.0 Å². The van der Waals surface area contributed by atoms with Crippen molar-refractivity contribution in [2.75, 3.05) is 13.1 Å².